The molecule has 0 aromatic heterocycles. The fourth-order valence-electron chi connectivity index (χ4n) is 0.348. The average Bonchev–Trinajstić information content (AvgIpc) is 1.72. The molecule has 0 aromatic carbocycles. The quantitative estimate of drug-likeness (QED) is 0.429. The Hall–Kier alpha value is -0.750. The van der Waals surface area contributed by atoms with Crippen molar-refractivity contribution >= 4 is 5.87 Å². The molecule has 0 unspecified atom stereocenters. The highest BCUT2D eigenvalue weighted by Crippen LogP contribution is 1.67. The molecule has 0 saturated carbocycles. The van der Waals surface area contributed by atoms with Crippen molar-refractivity contribution in [2.45, 2.75) is 0 Å². The predicted molar refractivity (Wildman–Crippen MR) is 24.9 cm³/mol. The first-order valence-electron chi connectivity index (χ1n) is 1.97. The molecular formula is C4H6N2. The Balaban J connectivity index is 2.53. The maximum atomic E-state index is 3.81. The Morgan fingerprint density at radius 3 is 3.00 bits per heavy atom. The highest BCUT2D eigenvalue weighted by atomic mass is 14.9. The zero-order chi connectivity index (χ0) is 4.24. The number of aliphatic imine (C=N–C) groups is 1. The van der Waals surface area contributed by atoms with Crippen LogP contribution in [0.1, 0.15) is 0 Å². The van der Waals surface area contributed by atoms with Gasteiger partial charge in [-0.25, -0.2) is 4.99 Å². The zero-order valence-corrected chi connectivity index (χ0v) is 3.44. The van der Waals surface area contributed by atoms with Gasteiger partial charge in [-0.1, -0.05) is 0 Å². The molecule has 1 heterocycles. The summed E-state index contributed by atoms with van der Waals surface area (Å²) in [5.41, 5.74) is 0. The normalized spacial score (nSPS) is 17.3. The maximum Gasteiger partial charge on any atom is 0.0657 e. The monoisotopic (exact) mass is 82.1 g/mol. The van der Waals surface area contributed by atoms with Crippen molar-refractivity contribution in [1.29, 1.82) is 0 Å². The van der Waals surface area contributed by atoms with Gasteiger partial charge in [0.05, 0.1) is 12.7 Å². The molecule has 0 radical (unpaired) electrons. The van der Waals surface area contributed by atoms with Crippen molar-refractivity contribution in [2.75, 3.05) is 13.1 Å². The molecule has 1 aliphatic heterocycles. The molecule has 1 aliphatic rings. The van der Waals surface area contributed by atoms with Gasteiger partial charge in [-0.2, -0.15) is 0 Å². The molecule has 0 fully saturated rings. The van der Waals surface area contributed by atoms with E-state index in [-0.39, 0.29) is 0 Å². The van der Waals surface area contributed by atoms with Crippen LogP contribution in [0.5, 0.6) is 0 Å². The number of hydrogen-bond acceptors (Lipinski definition) is 2. The van der Waals surface area contributed by atoms with Crippen LogP contribution in [0.15, 0.2) is 11.2 Å². The summed E-state index contributed by atoms with van der Waals surface area (Å²) in [6, 6.07) is 0. The van der Waals surface area contributed by atoms with Gasteiger partial charge in [0.25, 0.3) is 0 Å². The SMILES string of the molecule is C1=CNCCN=1. The van der Waals surface area contributed by atoms with Crippen LogP contribution in [0.4, 0.5) is 0 Å². The van der Waals surface area contributed by atoms with E-state index < -0.39 is 0 Å². The summed E-state index contributed by atoms with van der Waals surface area (Å²) in [5, 5.41) is 2.95. The molecule has 1 N–H and O–H groups in total. The molecule has 32 valence electrons. The summed E-state index contributed by atoms with van der Waals surface area (Å²) in [6.45, 7) is 1.84. The highest BCUT2D eigenvalue weighted by Gasteiger charge is 1.78. The lowest BCUT2D eigenvalue weighted by atomic mass is 10.6. The molecule has 1 rings (SSSR count). The predicted octanol–water partition coefficient (Wildman–Crippen LogP) is -0.227. The van der Waals surface area contributed by atoms with E-state index in [4.69, 9.17) is 0 Å². The largest absolute Gasteiger partial charge is 0.382 e. The van der Waals surface area contributed by atoms with E-state index in [0.717, 1.165) is 13.1 Å². The third-order valence-corrected chi connectivity index (χ3v) is 0.626. The van der Waals surface area contributed by atoms with Gasteiger partial charge in [-0.05, 0) is 5.87 Å². The standard InChI is InChI=1S/C4H6N2/c1-2-6-4-3-5-1/h1,5H,3-4H2. The second kappa shape index (κ2) is 1.63. The first kappa shape index (κ1) is 3.44. The minimum Gasteiger partial charge on any atom is -0.382 e. The second-order valence-electron chi connectivity index (χ2n) is 1.11. The molecule has 0 aliphatic carbocycles. The van der Waals surface area contributed by atoms with Gasteiger partial charge in [0.15, 0.2) is 0 Å². The van der Waals surface area contributed by atoms with Crippen LogP contribution in [0.2, 0.25) is 0 Å². The first-order chi connectivity index (χ1) is 3.00. The Bertz CT molecular complexity index is 81.7. The number of hydrogen-bond donors (Lipinski definition) is 1. The third-order valence-electron chi connectivity index (χ3n) is 0.626. The summed E-state index contributed by atoms with van der Waals surface area (Å²) >= 11 is 0. The van der Waals surface area contributed by atoms with E-state index in [1.54, 1.807) is 6.20 Å². The minimum absolute atomic E-state index is 0.872. The summed E-state index contributed by atoms with van der Waals surface area (Å²) in [4.78, 5) is 3.81. The first-order valence-corrected chi connectivity index (χ1v) is 1.97. The fraction of sp³-hybridized carbons (Fsp3) is 0.500. The van der Waals surface area contributed by atoms with Crippen molar-refractivity contribution in [3.8, 4) is 0 Å². The highest BCUT2D eigenvalue weighted by molar-refractivity contribution is 5.51. The van der Waals surface area contributed by atoms with E-state index in [2.05, 4.69) is 16.2 Å². The molecule has 0 bridgehead atoms. The van der Waals surface area contributed by atoms with Crippen LogP contribution in [0.3, 0.4) is 0 Å². The van der Waals surface area contributed by atoms with E-state index >= 15 is 0 Å². The van der Waals surface area contributed by atoms with Gasteiger partial charge in [-0.3, -0.25) is 0 Å². The molecule has 0 amide bonds. The van der Waals surface area contributed by atoms with Gasteiger partial charge < -0.3 is 5.32 Å². The van der Waals surface area contributed by atoms with Crippen LogP contribution in [-0.4, -0.2) is 19.0 Å². The van der Waals surface area contributed by atoms with Gasteiger partial charge in [-0.15, -0.1) is 0 Å². The van der Waals surface area contributed by atoms with E-state index in [1.165, 1.54) is 0 Å². The fourth-order valence-corrected chi connectivity index (χ4v) is 0.348. The molecule has 0 atom stereocenters. The number of rotatable bonds is 0. The van der Waals surface area contributed by atoms with Gasteiger partial charge in [0, 0.05) is 6.54 Å². The second-order valence-corrected chi connectivity index (χ2v) is 1.11. The number of nitrogens with one attached hydrogen (secondary N) is 1. The van der Waals surface area contributed by atoms with Crippen molar-refractivity contribution in [3.63, 3.8) is 0 Å². The summed E-state index contributed by atoms with van der Waals surface area (Å²) < 4.78 is 0. The van der Waals surface area contributed by atoms with Gasteiger partial charge >= 0.3 is 0 Å². The smallest absolute Gasteiger partial charge is 0.0657 e. The summed E-state index contributed by atoms with van der Waals surface area (Å²) in [7, 11) is 0. The van der Waals surface area contributed by atoms with Crippen LogP contribution in [-0.2, 0) is 0 Å². The average molecular weight is 82.1 g/mol. The summed E-state index contributed by atoms with van der Waals surface area (Å²) in [5.74, 6) is 2.67. The Morgan fingerprint density at radius 1 is 1.83 bits per heavy atom. The Kier molecular flexibility index (Phi) is 0.934. The zero-order valence-electron chi connectivity index (χ0n) is 3.44. The molecule has 0 saturated heterocycles. The van der Waals surface area contributed by atoms with Crippen molar-refractivity contribution in [3.05, 3.63) is 6.20 Å². The Morgan fingerprint density at radius 2 is 2.83 bits per heavy atom. The maximum absolute atomic E-state index is 3.81. The van der Waals surface area contributed by atoms with Crippen LogP contribution in [0.25, 0.3) is 0 Å². The lowest BCUT2D eigenvalue weighted by Gasteiger charge is -1.94. The number of nitrogens with zero attached hydrogens (tertiary/aromatic N) is 1. The van der Waals surface area contributed by atoms with Gasteiger partial charge in [0.2, 0.25) is 0 Å². The molecule has 6 heavy (non-hydrogen) atoms. The lowest BCUT2D eigenvalue weighted by Crippen LogP contribution is -2.12. The minimum atomic E-state index is 0.872. The van der Waals surface area contributed by atoms with Crippen molar-refractivity contribution in [1.82, 2.24) is 5.32 Å². The Labute approximate surface area is 36.6 Å². The molecular weight excluding hydrogens is 76.1 g/mol. The molecule has 0 spiro atoms. The van der Waals surface area contributed by atoms with Crippen molar-refractivity contribution < 1.29 is 0 Å². The van der Waals surface area contributed by atoms with Crippen LogP contribution < -0.4 is 5.32 Å². The van der Waals surface area contributed by atoms with Gasteiger partial charge in [0.1, 0.15) is 0 Å². The third kappa shape index (κ3) is 0.597. The van der Waals surface area contributed by atoms with Crippen LogP contribution in [0, 0.1) is 0 Å². The van der Waals surface area contributed by atoms with E-state index in [1.807, 2.05) is 0 Å². The molecule has 2 heteroatoms. The van der Waals surface area contributed by atoms with E-state index in [9.17, 15) is 0 Å². The summed E-state index contributed by atoms with van der Waals surface area (Å²) in [6.07, 6.45) is 1.73. The molecule has 0 aromatic rings. The molecule has 2 nitrogen and oxygen atoms in total. The van der Waals surface area contributed by atoms with Crippen LogP contribution >= 0.6 is 0 Å². The van der Waals surface area contributed by atoms with Crippen molar-refractivity contribution in [2.24, 2.45) is 4.99 Å². The lowest BCUT2D eigenvalue weighted by molar-refractivity contribution is 0.834. The topological polar surface area (TPSA) is 24.4 Å². The van der Waals surface area contributed by atoms with E-state index in [0.29, 0.717) is 0 Å².